The average Bonchev–Trinajstić information content (AvgIpc) is 3.04. The number of benzene rings is 6. The Morgan fingerprint density at radius 3 is 0.488 bits per heavy atom. The van der Waals surface area contributed by atoms with Crippen molar-refractivity contribution >= 4 is 70.0 Å². The van der Waals surface area contributed by atoms with Crippen LogP contribution < -0.4 is 21.5 Å². The first kappa shape index (κ1) is 32.9. The van der Waals surface area contributed by atoms with Crippen molar-refractivity contribution in [1.29, 1.82) is 0 Å². The second-order valence-corrected chi connectivity index (χ2v) is 24.9. The molecule has 0 heterocycles. The third kappa shape index (κ3) is 11.2. The molecular weight excluding hydrogens is 762 g/mol. The van der Waals surface area contributed by atoms with Crippen molar-refractivity contribution in [1.82, 2.24) is 0 Å². The van der Waals surface area contributed by atoms with E-state index < -0.39 is 48.6 Å². The summed E-state index contributed by atoms with van der Waals surface area (Å²) < 4.78 is 9.18. The van der Waals surface area contributed by atoms with Crippen LogP contribution in [0, 0.1) is 0 Å². The zero-order valence-electron chi connectivity index (χ0n) is 23.6. The molecule has 2 radical (unpaired) electrons. The standard InChI is InChI=1S/6C6H5.H4O4Si.2Sn/c6*1-2-4-6-5-3-1;1-5(2,3)4;;/h6*1-5H;1-4H;;. The van der Waals surface area contributed by atoms with Crippen LogP contribution in [0.25, 0.3) is 0 Å². The third-order valence-corrected chi connectivity index (χ3v) is 22.0. The Bertz CT molecular complexity index is 1280. The minimum absolute atomic E-state index is 1.53. The molecule has 0 aromatic heterocycles. The third-order valence-electron chi connectivity index (χ3n) is 6.37. The van der Waals surface area contributed by atoms with E-state index in [1.165, 1.54) is 21.5 Å². The first-order valence-corrected chi connectivity index (χ1v) is 24.2. The van der Waals surface area contributed by atoms with Crippen LogP contribution in [0.5, 0.6) is 0 Å². The van der Waals surface area contributed by atoms with Crippen molar-refractivity contribution < 1.29 is 19.2 Å². The van der Waals surface area contributed by atoms with E-state index in [0.29, 0.717) is 0 Å². The van der Waals surface area contributed by atoms with Crippen molar-refractivity contribution in [2.45, 2.75) is 0 Å². The van der Waals surface area contributed by atoms with Gasteiger partial charge in [-0.3, -0.25) is 0 Å². The molecular formula is C36H34O4SiSn2. The molecule has 6 aromatic rings. The van der Waals surface area contributed by atoms with Gasteiger partial charge in [0, 0.05) is 0 Å². The van der Waals surface area contributed by atoms with Gasteiger partial charge in [-0.1, -0.05) is 0 Å². The summed E-state index contributed by atoms with van der Waals surface area (Å²) in [6, 6.07) is 65.9. The molecule has 0 atom stereocenters. The first-order valence-electron chi connectivity index (χ1n) is 13.9. The summed E-state index contributed by atoms with van der Waals surface area (Å²) in [6.45, 7) is 0. The van der Waals surface area contributed by atoms with Gasteiger partial charge in [0.2, 0.25) is 0 Å². The normalized spacial score (nSPS) is 10.7. The molecule has 0 saturated carbocycles. The Kier molecular flexibility index (Phi) is 13.2. The molecule has 0 aliphatic heterocycles. The Hall–Kier alpha value is -3.03. The van der Waals surface area contributed by atoms with Gasteiger partial charge in [0.25, 0.3) is 0 Å². The average molecular weight is 796 g/mol. The monoisotopic (exact) mass is 798 g/mol. The second kappa shape index (κ2) is 17.3. The van der Waals surface area contributed by atoms with Crippen molar-refractivity contribution in [3.63, 3.8) is 0 Å². The van der Waals surface area contributed by atoms with Gasteiger partial charge in [-0.05, 0) is 0 Å². The maximum atomic E-state index is 7.33. The van der Waals surface area contributed by atoms with Crippen molar-refractivity contribution in [2.24, 2.45) is 0 Å². The van der Waals surface area contributed by atoms with Gasteiger partial charge in [-0.25, -0.2) is 0 Å². The molecule has 4 nitrogen and oxygen atoms in total. The molecule has 0 aliphatic rings. The first-order chi connectivity index (χ1) is 20.9. The van der Waals surface area contributed by atoms with Gasteiger partial charge >= 0.3 is 252 Å². The van der Waals surface area contributed by atoms with Crippen LogP contribution in [0.2, 0.25) is 0 Å². The van der Waals surface area contributed by atoms with E-state index in [2.05, 4.69) is 182 Å². The summed E-state index contributed by atoms with van der Waals surface area (Å²) in [4.78, 5) is 29.3. The molecule has 0 aliphatic carbocycles. The molecule has 7 heteroatoms. The summed E-state index contributed by atoms with van der Waals surface area (Å²) in [5.41, 5.74) is 0. The topological polar surface area (TPSA) is 80.9 Å². The Morgan fingerprint density at radius 2 is 0.372 bits per heavy atom. The van der Waals surface area contributed by atoms with E-state index in [9.17, 15) is 0 Å². The molecule has 0 spiro atoms. The molecule has 4 N–H and O–H groups in total. The Morgan fingerprint density at radius 1 is 0.256 bits per heavy atom. The van der Waals surface area contributed by atoms with Crippen LogP contribution in [0.15, 0.2) is 182 Å². The van der Waals surface area contributed by atoms with Crippen molar-refractivity contribution in [3.05, 3.63) is 182 Å². The van der Waals surface area contributed by atoms with Gasteiger partial charge < -0.3 is 19.2 Å². The fourth-order valence-corrected chi connectivity index (χ4v) is 19.3. The summed E-state index contributed by atoms with van der Waals surface area (Å²) in [5, 5.41) is 0. The summed E-state index contributed by atoms with van der Waals surface area (Å²) in [5.74, 6) is 0. The van der Waals surface area contributed by atoms with E-state index in [4.69, 9.17) is 19.2 Å². The fourth-order valence-electron chi connectivity index (χ4n) is 4.63. The zero-order valence-corrected chi connectivity index (χ0v) is 30.3. The molecule has 0 amide bonds. The van der Waals surface area contributed by atoms with E-state index >= 15 is 0 Å². The van der Waals surface area contributed by atoms with Gasteiger partial charge in [-0.15, -0.1) is 0 Å². The Balaban J connectivity index is 0.000000171. The molecule has 214 valence electrons. The summed E-state index contributed by atoms with van der Waals surface area (Å²) in [7, 11) is -4.61. The van der Waals surface area contributed by atoms with E-state index in [1.54, 1.807) is 0 Å². The van der Waals surface area contributed by atoms with Gasteiger partial charge in [0.05, 0.1) is 0 Å². The van der Waals surface area contributed by atoms with E-state index in [-0.39, 0.29) is 0 Å². The van der Waals surface area contributed by atoms with Crippen LogP contribution in [0.4, 0.5) is 0 Å². The molecule has 6 aromatic carbocycles. The zero-order chi connectivity index (χ0) is 30.3. The molecule has 43 heavy (non-hydrogen) atoms. The van der Waals surface area contributed by atoms with E-state index in [0.717, 1.165) is 0 Å². The van der Waals surface area contributed by atoms with Crippen molar-refractivity contribution in [3.8, 4) is 0 Å². The molecule has 0 saturated heterocycles. The molecule has 0 bridgehead atoms. The molecule has 0 unspecified atom stereocenters. The van der Waals surface area contributed by atoms with Crippen LogP contribution in [-0.2, 0) is 0 Å². The van der Waals surface area contributed by atoms with Gasteiger partial charge in [0.15, 0.2) is 0 Å². The van der Waals surface area contributed by atoms with Gasteiger partial charge in [-0.2, -0.15) is 0 Å². The quantitative estimate of drug-likeness (QED) is 0.194. The number of hydrogen-bond donors (Lipinski definition) is 4. The minimum atomic E-state index is -4.61. The summed E-state index contributed by atoms with van der Waals surface area (Å²) in [6.07, 6.45) is 0. The Labute approximate surface area is 269 Å². The fraction of sp³-hybridized carbons (Fsp3) is 0. The van der Waals surface area contributed by atoms with Crippen molar-refractivity contribution in [2.75, 3.05) is 0 Å². The predicted molar refractivity (Wildman–Crippen MR) is 183 cm³/mol. The maximum absolute atomic E-state index is 7.33. The SMILES string of the molecule is O[Si](O)(O)O.c1cc[c]([Sn]([c]2ccccc2)[c]2ccccc2)cc1.c1cc[c]([Sn]([c]2ccccc2)[c]2ccccc2)cc1. The second-order valence-electron chi connectivity index (χ2n) is 9.55. The van der Waals surface area contributed by atoms with Gasteiger partial charge in [0.1, 0.15) is 0 Å². The number of rotatable bonds is 6. The molecule has 6 rings (SSSR count). The number of hydrogen-bond acceptors (Lipinski definition) is 4. The van der Waals surface area contributed by atoms with Crippen LogP contribution in [-0.4, -0.2) is 67.7 Å². The molecule has 0 fully saturated rings. The predicted octanol–water partition coefficient (Wildman–Crippen LogP) is 1.80. The van der Waals surface area contributed by atoms with Crippen LogP contribution in [0.1, 0.15) is 0 Å². The van der Waals surface area contributed by atoms with Crippen LogP contribution >= 0.6 is 0 Å². The van der Waals surface area contributed by atoms with E-state index in [1.807, 2.05) is 0 Å². The van der Waals surface area contributed by atoms with Crippen LogP contribution in [0.3, 0.4) is 0 Å². The summed E-state index contributed by atoms with van der Waals surface area (Å²) >= 11 is -3.96.